The van der Waals surface area contributed by atoms with Crippen molar-refractivity contribution >= 4 is 11.6 Å². The van der Waals surface area contributed by atoms with E-state index < -0.39 is 11.7 Å². The minimum Gasteiger partial charge on any atom is -0.367 e. The molecule has 4 rings (SSSR count). The van der Waals surface area contributed by atoms with Crippen LogP contribution in [0.2, 0.25) is 0 Å². The van der Waals surface area contributed by atoms with Gasteiger partial charge in [0.2, 0.25) is 5.82 Å². The second-order valence-electron chi connectivity index (χ2n) is 7.90. The highest BCUT2D eigenvalue weighted by molar-refractivity contribution is 5.53. The van der Waals surface area contributed by atoms with Crippen LogP contribution in [0.1, 0.15) is 56.2 Å². The summed E-state index contributed by atoms with van der Waals surface area (Å²) in [5, 5.41) is 3.12. The molecule has 2 aliphatic rings. The quantitative estimate of drug-likeness (QED) is 0.729. The first-order valence-corrected chi connectivity index (χ1v) is 9.93. The minimum atomic E-state index is -2.87. The van der Waals surface area contributed by atoms with Crippen LogP contribution < -0.4 is 10.2 Å². The highest BCUT2D eigenvalue weighted by Gasteiger charge is 2.31. The molecule has 1 unspecified atom stereocenters. The Kier molecular flexibility index (Phi) is 5.17. The molecule has 150 valence electrons. The van der Waals surface area contributed by atoms with Crippen molar-refractivity contribution in [2.45, 2.75) is 51.0 Å². The molecule has 4 nitrogen and oxygen atoms in total. The lowest BCUT2D eigenvalue weighted by Crippen LogP contribution is -2.26. The summed E-state index contributed by atoms with van der Waals surface area (Å²) in [5.41, 5.74) is 0.879. The first-order valence-electron chi connectivity index (χ1n) is 9.93. The van der Waals surface area contributed by atoms with Gasteiger partial charge in [-0.3, -0.25) is 0 Å². The van der Waals surface area contributed by atoms with Crippen LogP contribution in [-0.2, 0) is 5.92 Å². The van der Waals surface area contributed by atoms with Gasteiger partial charge in [0, 0.05) is 25.6 Å². The normalized spacial score (nSPS) is 20.3. The van der Waals surface area contributed by atoms with Gasteiger partial charge < -0.3 is 10.2 Å². The Morgan fingerprint density at radius 1 is 1.11 bits per heavy atom. The molecule has 1 aromatic carbocycles. The van der Waals surface area contributed by atoms with Crippen LogP contribution in [0.4, 0.5) is 24.8 Å². The van der Waals surface area contributed by atoms with E-state index in [0.717, 1.165) is 31.9 Å². The van der Waals surface area contributed by atoms with Crippen molar-refractivity contribution in [3.63, 3.8) is 0 Å². The number of aromatic nitrogens is 2. The van der Waals surface area contributed by atoms with E-state index in [1.165, 1.54) is 37.7 Å². The molecule has 1 aliphatic carbocycles. The van der Waals surface area contributed by atoms with Crippen molar-refractivity contribution in [1.82, 2.24) is 9.97 Å². The molecule has 0 radical (unpaired) electrons. The topological polar surface area (TPSA) is 41.1 Å². The van der Waals surface area contributed by atoms with E-state index in [1.807, 2.05) is 4.90 Å². The third kappa shape index (κ3) is 3.80. The summed E-state index contributed by atoms with van der Waals surface area (Å²) < 4.78 is 42.0. The third-order valence-corrected chi connectivity index (χ3v) is 5.88. The van der Waals surface area contributed by atoms with E-state index in [1.54, 1.807) is 12.1 Å². The number of nitrogens with one attached hydrogen (secondary N) is 1. The number of nitrogens with zero attached hydrogens (tertiary/aromatic N) is 3. The van der Waals surface area contributed by atoms with Crippen molar-refractivity contribution in [2.75, 3.05) is 23.3 Å². The highest BCUT2D eigenvalue weighted by Crippen LogP contribution is 2.38. The highest BCUT2D eigenvalue weighted by atomic mass is 19.3. The van der Waals surface area contributed by atoms with Gasteiger partial charge in [0.25, 0.3) is 5.92 Å². The molecular weight excluding hydrogens is 365 g/mol. The second kappa shape index (κ2) is 7.60. The molecule has 28 heavy (non-hydrogen) atoms. The van der Waals surface area contributed by atoms with Crippen LogP contribution in [0.25, 0.3) is 0 Å². The lowest BCUT2D eigenvalue weighted by molar-refractivity contribution is 0.0174. The fourth-order valence-corrected chi connectivity index (χ4v) is 3.99. The van der Waals surface area contributed by atoms with E-state index in [-0.39, 0.29) is 23.2 Å². The Balaban J connectivity index is 1.54. The fourth-order valence-electron chi connectivity index (χ4n) is 3.99. The summed E-state index contributed by atoms with van der Waals surface area (Å²) in [5.74, 6) is -2.20. The van der Waals surface area contributed by atoms with Crippen LogP contribution in [-0.4, -0.2) is 23.1 Å². The van der Waals surface area contributed by atoms with Crippen LogP contribution in [0.5, 0.6) is 0 Å². The summed E-state index contributed by atoms with van der Waals surface area (Å²) >= 11 is 0. The number of alkyl halides is 2. The second-order valence-corrected chi connectivity index (χ2v) is 7.90. The summed E-state index contributed by atoms with van der Waals surface area (Å²) in [7, 11) is 0. The van der Waals surface area contributed by atoms with Gasteiger partial charge in [-0.2, -0.15) is 4.39 Å². The lowest BCUT2D eigenvalue weighted by Gasteiger charge is -2.28. The molecule has 1 N–H and O–H groups in total. The average Bonchev–Trinajstić information content (AvgIpc) is 3.10. The van der Waals surface area contributed by atoms with Crippen molar-refractivity contribution in [3.05, 3.63) is 47.5 Å². The molecule has 7 heteroatoms. The molecule has 2 heterocycles. The van der Waals surface area contributed by atoms with E-state index in [4.69, 9.17) is 0 Å². The molecule has 2 fully saturated rings. The lowest BCUT2D eigenvalue weighted by atomic mass is 9.85. The summed E-state index contributed by atoms with van der Waals surface area (Å²) in [4.78, 5) is 10.2. The molecule has 0 bridgehead atoms. The standard InChI is InChI=1S/C21H25F3N4/c1-21(23,24)16-9-7-15(8-10-16)17-6-3-11-28(17)20-18(22)19(26-13-27-20)25-12-14-4-2-5-14/h7-10,13-14,17H,2-6,11-12H2,1H3,(H,25,26,27). The van der Waals surface area contributed by atoms with Gasteiger partial charge in [0.1, 0.15) is 6.33 Å². The molecule has 0 amide bonds. The first-order chi connectivity index (χ1) is 13.4. The Morgan fingerprint density at radius 3 is 2.50 bits per heavy atom. The van der Waals surface area contributed by atoms with Crippen LogP contribution in [0, 0.1) is 11.7 Å². The maximum absolute atomic E-state index is 15.1. The van der Waals surface area contributed by atoms with Crippen molar-refractivity contribution in [2.24, 2.45) is 5.92 Å². The van der Waals surface area contributed by atoms with Gasteiger partial charge in [0.05, 0.1) is 6.04 Å². The molecule has 1 saturated heterocycles. The summed E-state index contributed by atoms with van der Waals surface area (Å²) in [6, 6.07) is 6.25. The Morgan fingerprint density at radius 2 is 1.86 bits per heavy atom. The predicted octanol–water partition coefficient (Wildman–Crippen LogP) is 5.28. The number of benzene rings is 1. The smallest absolute Gasteiger partial charge is 0.270 e. The zero-order valence-electron chi connectivity index (χ0n) is 16.0. The monoisotopic (exact) mass is 390 g/mol. The zero-order valence-corrected chi connectivity index (χ0v) is 16.0. The number of anilines is 2. The Bertz CT molecular complexity index is 815. The van der Waals surface area contributed by atoms with E-state index in [9.17, 15) is 8.78 Å². The molecule has 1 atom stereocenters. The van der Waals surface area contributed by atoms with Crippen molar-refractivity contribution in [1.29, 1.82) is 0 Å². The van der Waals surface area contributed by atoms with E-state index >= 15 is 4.39 Å². The third-order valence-electron chi connectivity index (χ3n) is 5.88. The Hall–Kier alpha value is -2.31. The van der Waals surface area contributed by atoms with Gasteiger partial charge in [-0.05, 0) is 37.2 Å². The van der Waals surface area contributed by atoms with Gasteiger partial charge in [-0.1, -0.05) is 30.7 Å². The maximum atomic E-state index is 15.1. The van der Waals surface area contributed by atoms with Crippen LogP contribution in [0.15, 0.2) is 30.6 Å². The number of rotatable bonds is 6. The first kappa shape index (κ1) is 19.0. The van der Waals surface area contributed by atoms with E-state index in [0.29, 0.717) is 12.5 Å². The van der Waals surface area contributed by atoms with Gasteiger partial charge in [-0.25, -0.2) is 18.7 Å². The molecule has 2 aromatic rings. The van der Waals surface area contributed by atoms with Crippen LogP contribution in [0.3, 0.4) is 0 Å². The molecule has 1 saturated carbocycles. The van der Waals surface area contributed by atoms with E-state index in [2.05, 4.69) is 15.3 Å². The zero-order chi connectivity index (χ0) is 19.7. The van der Waals surface area contributed by atoms with Gasteiger partial charge >= 0.3 is 0 Å². The summed E-state index contributed by atoms with van der Waals surface area (Å²) in [6.45, 7) is 2.29. The maximum Gasteiger partial charge on any atom is 0.270 e. The van der Waals surface area contributed by atoms with Crippen molar-refractivity contribution in [3.8, 4) is 0 Å². The molecular formula is C21H25F3N4. The average molecular weight is 390 g/mol. The predicted molar refractivity (Wildman–Crippen MR) is 103 cm³/mol. The van der Waals surface area contributed by atoms with Gasteiger partial charge in [-0.15, -0.1) is 0 Å². The molecule has 1 aromatic heterocycles. The number of halogens is 3. The van der Waals surface area contributed by atoms with Gasteiger partial charge in [0.15, 0.2) is 11.6 Å². The minimum absolute atomic E-state index is 0.0171. The van der Waals surface area contributed by atoms with Crippen LogP contribution >= 0.6 is 0 Å². The van der Waals surface area contributed by atoms with Crippen molar-refractivity contribution < 1.29 is 13.2 Å². The Labute approximate surface area is 163 Å². The summed E-state index contributed by atoms with van der Waals surface area (Å²) in [6.07, 6.45) is 6.70. The number of hydrogen-bond donors (Lipinski definition) is 1. The largest absolute Gasteiger partial charge is 0.367 e. The fraction of sp³-hybridized carbons (Fsp3) is 0.524. The molecule has 1 aliphatic heterocycles. The SMILES string of the molecule is CC(F)(F)c1ccc(C2CCCN2c2ncnc(NCC3CCC3)c2F)cc1. The molecule has 0 spiro atoms. The number of hydrogen-bond acceptors (Lipinski definition) is 4.